The topological polar surface area (TPSA) is 96.4 Å². The molecule has 2 heterocycles. The van der Waals surface area contributed by atoms with Gasteiger partial charge in [-0.1, -0.05) is 26.8 Å². The van der Waals surface area contributed by atoms with E-state index in [4.69, 9.17) is 9.47 Å². The van der Waals surface area contributed by atoms with Crippen molar-refractivity contribution in [2.45, 2.75) is 70.7 Å². The van der Waals surface area contributed by atoms with Gasteiger partial charge in [-0.2, -0.15) is 4.31 Å². The average Bonchev–Trinajstić information content (AvgIpc) is 3.29. The molecule has 0 bridgehead atoms. The Hall–Kier alpha value is -1.84. The van der Waals surface area contributed by atoms with E-state index >= 15 is 0 Å². The van der Waals surface area contributed by atoms with Crippen LogP contribution in [0.1, 0.15) is 58.4 Å². The van der Waals surface area contributed by atoms with Crippen molar-refractivity contribution in [3.05, 3.63) is 23.8 Å². The fraction of sp³-hybridized carbons (Fsp3) is 0.682. The molecule has 1 amide bonds. The van der Waals surface area contributed by atoms with Crippen LogP contribution in [-0.4, -0.2) is 61.3 Å². The number of aliphatic hydroxyl groups is 1. The summed E-state index contributed by atoms with van der Waals surface area (Å²) in [5.74, 6) is 0.121. The number of aliphatic hydroxyl groups excluding tert-OH is 1. The number of carbonyl (C=O) groups excluding carboxylic acids is 1. The van der Waals surface area contributed by atoms with Crippen LogP contribution in [0.4, 0.5) is 4.79 Å². The van der Waals surface area contributed by atoms with Gasteiger partial charge in [-0.25, -0.2) is 13.2 Å². The molecule has 0 spiro atoms. The molecule has 174 valence electrons. The molecular formula is C22H34N2O6S. The Morgan fingerprint density at radius 2 is 1.68 bits per heavy atom. The first kappa shape index (κ1) is 23.8. The Bertz CT molecular complexity index is 868. The van der Waals surface area contributed by atoms with E-state index in [1.165, 1.54) is 16.4 Å². The monoisotopic (exact) mass is 454 g/mol. The van der Waals surface area contributed by atoms with Crippen molar-refractivity contribution in [3.8, 4) is 5.75 Å². The summed E-state index contributed by atoms with van der Waals surface area (Å²) >= 11 is 0. The number of rotatable bonds is 6. The van der Waals surface area contributed by atoms with Gasteiger partial charge in [-0.15, -0.1) is 0 Å². The molecule has 1 aromatic carbocycles. The zero-order valence-corrected chi connectivity index (χ0v) is 19.5. The Morgan fingerprint density at radius 1 is 1.06 bits per heavy atom. The van der Waals surface area contributed by atoms with E-state index in [2.05, 4.69) is 0 Å². The van der Waals surface area contributed by atoms with E-state index in [0.29, 0.717) is 31.7 Å². The highest BCUT2D eigenvalue weighted by atomic mass is 32.2. The van der Waals surface area contributed by atoms with Gasteiger partial charge >= 0.3 is 6.09 Å². The number of hydrogen-bond acceptors (Lipinski definition) is 6. The number of nitrogens with zero attached hydrogens (tertiary/aromatic N) is 2. The number of hydrogen-bond donors (Lipinski definition) is 1. The maximum Gasteiger partial charge on any atom is 0.412 e. The van der Waals surface area contributed by atoms with Gasteiger partial charge in [0.1, 0.15) is 10.6 Å². The molecule has 0 saturated carbocycles. The van der Waals surface area contributed by atoms with Gasteiger partial charge in [0.05, 0.1) is 6.61 Å². The quantitative estimate of drug-likeness (QED) is 0.663. The zero-order valence-electron chi connectivity index (χ0n) is 18.7. The first-order valence-corrected chi connectivity index (χ1v) is 12.4. The van der Waals surface area contributed by atoms with Crippen LogP contribution in [-0.2, 0) is 21.4 Å². The SMILES string of the molecule is CC(C)(C)C(OC(=O)N1CCCCC1)Oc1ccc(CO)cc1S(=O)(=O)N1CCCC1. The molecule has 31 heavy (non-hydrogen) atoms. The predicted molar refractivity (Wildman–Crippen MR) is 116 cm³/mol. The minimum atomic E-state index is -3.80. The van der Waals surface area contributed by atoms with Crippen molar-refractivity contribution >= 4 is 16.1 Å². The van der Waals surface area contributed by atoms with Crippen molar-refractivity contribution in [2.75, 3.05) is 26.2 Å². The van der Waals surface area contributed by atoms with Crippen molar-refractivity contribution in [1.82, 2.24) is 9.21 Å². The number of piperidine rings is 1. The summed E-state index contributed by atoms with van der Waals surface area (Å²) in [5.41, 5.74) is -0.113. The van der Waals surface area contributed by atoms with Gasteiger partial charge in [-0.3, -0.25) is 0 Å². The zero-order chi connectivity index (χ0) is 22.6. The molecule has 2 aliphatic rings. The number of sulfonamides is 1. The van der Waals surface area contributed by atoms with Crippen LogP contribution in [0.3, 0.4) is 0 Å². The van der Waals surface area contributed by atoms with E-state index in [1.54, 1.807) is 11.0 Å². The van der Waals surface area contributed by atoms with E-state index < -0.39 is 27.8 Å². The third kappa shape index (κ3) is 5.70. The van der Waals surface area contributed by atoms with Gasteiger partial charge in [-0.05, 0) is 49.8 Å². The molecular weight excluding hydrogens is 420 g/mol. The molecule has 1 atom stereocenters. The molecule has 1 N–H and O–H groups in total. The van der Waals surface area contributed by atoms with Crippen LogP contribution in [0.5, 0.6) is 5.75 Å². The molecule has 2 saturated heterocycles. The smallest absolute Gasteiger partial charge is 0.412 e. The normalized spacial score (nSPS) is 19.3. The molecule has 0 aromatic heterocycles. The highest BCUT2D eigenvalue weighted by Gasteiger charge is 2.36. The second kappa shape index (κ2) is 9.75. The second-order valence-corrected chi connectivity index (χ2v) is 11.2. The number of benzene rings is 1. The first-order chi connectivity index (χ1) is 14.6. The Labute approximate surface area is 185 Å². The maximum absolute atomic E-state index is 13.3. The van der Waals surface area contributed by atoms with E-state index in [-0.39, 0.29) is 17.3 Å². The largest absolute Gasteiger partial charge is 0.453 e. The number of carbonyl (C=O) groups is 1. The van der Waals surface area contributed by atoms with E-state index in [1.807, 2.05) is 20.8 Å². The minimum Gasteiger partial charge on any atom is -0.453 e. The van der Waals surface area contributed by atoms with Gasteiger partial charge < -0.3 is 19.5 Å². The van der Waals surface area contributed by atoms with Gasteiger partial charge in [0, 0.05) is 31.6 Å². The molecule has 9 heteroatoms. The molecule has 0 aliphatic carbocycles. The van der Waals surface area contributed by atoms with Crippen LogP contribution in [0.15, 0.2) is 23.1 Å². The van der Waals surface area contributed by atoms with Crippen molar-refractivity contribution in [2.24, 2.45) is 5.41 Å². The summed E-state index contributed by atoms with van der Waals surface area (Å²) in [6.45, 7) is 7.55. The predicted octanol–water partition coefficient (Wildman–Crippen LogP) is 3.34. The lowest BCUT2D eigenvalue weighted by Gasteiger charge is -2.34. The lowest BCUT2D eigenvalue weighted by molar-refractivity contribution is -0.110. The molecule has 1 aromatic rings. The number of amides is 1. The molecule has 8 nitrogen and oxygen atoms in total. The summed E-state index contributed by atoms with van der Waals surface area (Å²) in [4.78, 5) is 14.4. The summed E-state index contributed by atoms with van der Waals surface area (Å²) in [7, 11) is -3.80. The molecule has 3 rings (SSSR count). The molecule has 0 radical (unpaired) electrons. The van der Waals surface area contributed by atoms with E-state index in [9.17, 15) is 18.3 Å². The molecule has 1 unspecified atom stereocenters. The minimum absolute atomic E-state index is 0.00998. The van der Waals surface area contributed by atoms with Crippen molar-refractivity contribution in [3.63, 3.8) is 0 Å². The maximum atomic E-state index is 13.3. The highest BCUT2D eigenvalue weighted by Crippen LogP contribution is 2.34. The van der Waals surface area contributed by atoms with E-state index in [0.717, 1.165) is 32.1 Å². The summed E-state index contributed by atoms with van der Waals surface area (Å²) < 4.78 is 39.8. The Kier molecular flexibility index (Phi) is 7.49. The van der Waals surface area contributed by atoms with Crippen molar-refractivity contribution in [1.29, 1.82) is 0 Å². The number of likely N-dealkylation sites (tertiary alicyclic amines) is 1. The third-order valence-corrected chi connectivity index (χ3v) is 7.56. The Morgan fingerprint density at radius 3 is 2.26 bits per heavy atom. The van der Waals surface area contributed by atoms with Gasteiger partial charge in [0.25, 0.3) is 6.29 Å². The summed E-state index contributed by atoms with van der Waals surface area (Å²) in [5, 5.41) is 9.53. The van der Waals surface area contributed by atoms with Crippen LogP contribution in [0.25, 0.3) is 0 Å². The first-order valence-electron chi connectivity index (χ1n) is 11.0. The van der Waals surface area contributed by atoms with Gasteiger partial charge in [0.15, 0.2) is 0 Å². The second-order valence-electron chi connectivity index (χ2n) is 9.30. The summed E-state index contributed by atoms with van der Waals surface area (Å²) in [6, 6.07) is 4.58. The van der Waals surface area contributed by atoms with Gasteiger partial charge in [0.2, 0.25) is 10.0 Å². The fourth-order valence-corrected chi connectivity index (χ4v) is 5.44. The molecule has 2 fully saturated rings. The van der Waals surface area contributed by atoms with Crippen molar-refractivity contribution < 1.29 is 27.8 Å². The fourth-order valence-electron chi connectivity index (χ4n) is 3.75. The van der Waals surface area contributed by atoms with Crippen LogP contribution in [0, 0.1) is 5.41 Å². The Balaban J connectivity index is 1.89. The lowest BCUT2D eigenvalue weighted by atomic mass is 9.96. The highest BCUT2D eigenvalue weighted by molar-refractivity contribution is 7.89. The third-order valence-electron chi connectivity index (χ3n) is 5.64. The number of ether oxygens (including phenoxy) is 2. The van der Waals surface area contributed by atoms with Crippen LogP contribution < -0.4 is 4.74 Å². The van der Waals surface area contributed by atoms with Crippen LogP contribution >= 0.6 is 0 Å². The average molecular weight is 455 g/mol. The molecule has 2 aliphatic heterocycles. The lowest BCUT2D eigenvalue weighted by Crippen LogP contribution is -2.43. The standard InChI is InChI=1S/C22H34N2O6S/c1-22(2,3)20(30-21(26)23-11-5-4-6-12-23)29-18-10-9-17(16-25)15-19(18)31(27,28)24-13-7-8-14-24/h9-10,15,20,25H,4-8,11-14,16H2,1-3H3. The summed E-state index contributed by atoms with van der Waals surface area (Å²) in [6.07, 6.45) is 3.18. The van der Waals surface area contributed by atoms with Crippen LogP contribution in [0.2, 0.25) is 0 Å².